The van der Waals surface area contributed by atoms with E-state index in [0.717, 1.165) is 5.69 Å². The molecule has 2 aliphatic rings. The van der Waals surface area contributed by atoms with Crippen LogP contribution in [-0.4, -0.2) is 48.1 Å². The van der Waals surface area contributed by atoms with E-state index in [2.05, 4.69) is 15.3 Å². The monoisotopic (exact) mass is 420 g/mol. The summed E-state index contributed by atoms with van der Waals surface area (Å²) < 4.78 is 34.1. The van der Waals surface area contributed by atoms with E-state index >= 15 is 0 Å². The van der Waals surface area contributed by atoms with Crippen molar-refractivity contribution in [3.8, 4) is 5.88 Å². The van der Waals surface area contributed by atoms with Gasteiger partial charge in [0.05, 0.1) is 19.3 Å². The van der Waals surface area contributed by atoms with Gasteiger partial charge < -0.3 is 20.7 Å². The quantitative estimate of drug-likeness (QED) is 0.786. The standard InChI is InChI=1S/C19H22F2N6OS/c1-10-15(21)16(28-3)25-18(24-10)27-7-11-8-29-17(22)26-19(11,9-27)13-6-12(23-2)4-5-14(13)20/h4-6,11,23H,7-9H2,1-3H3,(H2,22,26). The van der Waals surface area contributed by atoms with Gasteiger partial charge in [-0.3, -0.25) is 0 Å². The number of thioether (sulfide) groups is 1. The summed E-state index contributed by atoms with van der Waals surface area (Å²) in [5, 5.41) is 3.47. The van der Waals surface area contributed by atoms with Crippen molar-refractivity contribution in [2.45, 2.75) is 12.5 Å². The van der Waals surface area contributed by atoms with E-state index in [1.807, 2.05) is 4.90 Å². The molecule has 4 rings (SSSR count). The van der Waals surface area contributed by atoms with E-state index in [1.165, 1.54) is 24.9 Å². The van der Waals surface area contributed by atoms with Gasteiger partial charge in [0, 0.05) is 36.5 Å². The third-order valence-corrected chi connectivity index (χ3v) is 6.42. The van der Waals surface area contributed by atoms with Crippen molar-refractivity contribution in [3.05, 3.63) is 41.1 Å². The van der Waals surface area contributed by atoms with Gasteiger partial charge >= 0.3 is 0 Å². The molecule has 0 radical (unpaired) electrons. The molecule has 0 bridgehead atoms. The summed E-state index contributed by atoms with van der Waals surface area (Å²) in [5.74, 6) is -0.0370. The topological polar surface area (TPSA) is 88.7 Å². The van der Waals surface area contributed by atoms with E-state index in [4.69, 9.17) is 15.5 Å². The molecule has 0 saturated carbocycles. The fourth-order valence-corrected chi connectivity index (χ4v) is 4.94. The fraction of sp³-hybridized carbons (Fsp3) is 0.421. The number of nitrogens with one attached hydrogen (secondary N) is 1. The summed E-state index contributed by atoms with van der Waals surface area (Å²) in [5.41, 5.74) is 6.65. The van der Waals surface area contributed by atoms with Crippen LogP contribution in [0.5, 0.6) is 5.88 Å². The SMILES string of the molecule is CNc1ccc(F)c(C23CN(c4nc(C)c(F)c(OC)n4)CC2CSC(N)=N3)c1. The number of methoxy groups -OCH3 is 1. The Morgan fingerprint density at radius 2 is 2.14 bits per heavy atom. The van der Waals surface area contributed by atoms with Crippen LogP contribution in [0, 0.1) is 24.5 Å². The summed E-state index contributed by atoms with van der Waals surface area (Å²) in [6.07, 6.45) is 0. The summed E-state index contributed by atoms with van der Waals surface area (Å²) in [6, 6.07) is 4.89. The number of aryl methyl sites for hydroxylation is 1. The Morgan fingerprint density at radius 1 is 1.34 bits per heavy atom. The van der Waals surface area contributed by atoms with Crippen LogP contribution in [0.25, 0.3) is 0 Å². The first-order chi connectivity index (χ1) is 13.9. The molecule has 154 valence electrons. The lowest BCUT2D eigenvalue weighted by Crippen LogP contribution is -2.40. The lowest BCUT2D eigenvalue weighted by Gasteiger charge is -2.35. The average Bonchev–Trinajstić information content (AvgIpc) is 3.10. The van der Waals surface area contributed by atoms with E-state index < -0.39 is 11.4 Å². The van der Waals surface area contributed by atoms with E-state index in [0.29, 0.717) is 35.5 Å². The smallest absolute Gasteiger partial charge is 0.255 e. The van der Waals surface area contributed by atoms with Crippen LogP contribution < -0.4 is 20.7 Å². The number of nitrogens with zero attached hydrogens (tertiary/aromatic N) is 4. The zero-order chi connectivity index (χ0) is 20.8. The average molecular weight is 420 g/mol. The van der Waals surface area contributed by atoms with Crippen LogP contribution in [0.15, 0.2) is 23.2 Å². The number of ether oxygens (including phenoxy) is 1. The van der Waals surface area contributed by atoms with Gasteiger partial charge in [0.1, 0.15) is 11.4 Å². The summed E-state index contributed by atoms with van der Waals surface area (Å²) in [7, 11) is 3.14. The Labute approximate surface area is 171 Å². The maximum Gasteiger partial charge on any atom is 0.255 e. The van der Waals surface area contributed by atoms with Crippen LogP contribution >= 0.6 is 11.8 Å². The molecule has 2 atom stereocenters. The number of anilines is 2. The minimum Gasteiger partial charge on any atom is -0.479 e. The van der Waals surface area contributed by atoms with Gasteiger partial charge in [-0.2, -0.15) is 9.37 Å². The lowest BCUT2D eigenvalue weighted by atomic mass is 9.81. The van der Waals surface area contributed by atoms with E-state index in [-0.39, 0.29) is 23.3 Å². The fourth-order valence-electron chi connectivity index (χ4n) is 3.96. The van der Waals surface area contributed by atoms with Crippen molar-refractivity contribution in [2.24, 2.45) is 16.6 Å². The molecule has 2 aromatic rings. The molecule has 2 aliphatic heterocycles. The van der Waals surface area contributed by atoms with Gasteiger partial charge in [0.25, 0.3) is 5.88 Å². The highest BCUT2D eigenvalue weighted by Gasteiger charge is 2.52. The molecule has 1 saturated heterocycles. The highest BCUT2D eigenvalue weighted by Crippen LogP contribution is 2.47. The highest BCUT2D eigenvalue weighted by molar-refractivity contribution is 8.13. The summed E-state index contributed by atoms with van der Waals surface area (Å²) >= 11 is 1.45. The predicted octanol–water partition coefficient (Wildman–Crippen LogP) is 2.51. The van der Waals surface area contributed by atoms with Gasteiger partial charge in [-0.25, -0.2) is 14.4 Å². The summed E-state index contributed by atoms with van der Waals surface area (Å²) in [4.78, 5) is 15.1. The third kappa shape index (κ3) is 3.25. The van der Waals surface area contributed by atoms with Crippen molar-refractivity contribution in [1.29, 1.82) is 0 Å². The minimum atomic E-state index is -0.870. The van der Waals surface area contributed by atoms with Gasteiger partial charge in [0.2, 0.25) is 11.8 Å². The van der Waals surface area contributed by atoms with Gasteiger partial charge in [0.15, 0.2) is 5.17 Å². The number of fused-ring (bicyclic) bond motifs is 1. The highest BCUT2D eigenvalue weighted by atomic mass is 32.2. The van der Waals surface area contributed by atoms with Crippen LogP contribution in [-0.2, 0) is 5.54 Å². The normalized spacial score (nSPS) is 23.6. The third-order valence-electron chi connectivity index (χ3n) is 5.46. The van der Waals surface area contributed by atoms with Crippen molar-refractivity contribution in [2.75, 3.05) is 43.2 Å². The maximum absolute atomic E-state index is 15.0. The van der Waals surface area contributed by atoms with Gasteiger partial charge in [-0.05, 0) is 25.1 Å². The molecule has 1 fully saturated rings. The van der Waals surface area contributed by atoms with E-state index in [9.17, 15) is 8.78 Å². The molecule has 1 aromatic heterocycles. The molecular formula is C19H22F2N6OS. The number of amidine groups is 1. The van der Waals surface area contributed by atoms with Crippen LogP contribution in [0.1, 0.15) is 11.3 Å². The number of aromatic nitrogens is 2. The number of hydrogen-bond donors (Lipinski definition) is 2. The van der Waals surface area contributed by atoms with Gasteiger partial charge in [-0.1, -0.05) is 11.8 Å². The van der Waals surface area contributed by atoms with Gasteiger partial charge in [-0.15, -0.1) is 0 Å². The predicted molar refractivity (Wildman–Crippen MR) is 111 cm³/mol. The van der Waals surface area contributed by atoms with Crippen molar-refractivity contribution >= 4 is 28.6 Å². The molecule has 0 aliphatic carbocycles. The molecule has 1 aromatic carbocycles. The van der Waals surface area contributed by atoms with Crippen LogP contribution in [0.3, 0.4) is 0 Å². The molecule has 0 spiro atoms. The molecule has 2 unspecified atom stereocenters. The second-order valence-corrected chi connectivity index (χ2v) is 8.18. The minimum absolute atomic E-state index is 0.0126. The number of rotatable bonds is 4. The Bertz CT molecular complexity index is 987. The lowest BCUT2D eigenvalue weighted by molar-refractivity contribution is 0.364. The molecule has 29 heavy (non-hydrogen) atoms. The van der Waals surface area contributed by atoms with E-state index in [1.54, 1.807) is 26.1 Å². The first-order valence-corrected chi connectivity index (χ1v) is 10.2. The van der Waals surface area contributed by atoms with Crippen molar-refractivity contribution < 1.29 is 13.5 Å². The molecule has 3 heterocycles. The molecule has 3 N–H and O–H groups in total. The molecule has 10 heteroatoms. The number of hydrogen-bond acceptors (Lipinski definition) is 8. The largest absolute Gasteiger partial charge is 0.479 e. The first-order valence-electron chi connectivity index (χ1n) is 9.17. The first kappa shape index (κ1) is 19.7. The van der Waals surface area contributed by atoms with Crippen LogP contribution in [0.4, 0.5) is 20.4 Å². The Hall–Kier alpha value is -2.62. The zero-order valence-corrected chi connectivity index (χ0v) is 17.2. The number of aliphatic imine (C=N–C) groups is 1. The van der Waals surface area contributed by atoms with Crippen molar-refractivity contribution in [3.63, 3.8) is 0 Å². The Balaban J connectivity index is 1.81. The Kier molecular flexibility index (Phi) is 4.97. The number of nitrogens with two attached hydrogens (primary N) is 1. The van der Waals surface area contributed by atoms with Crippen LogP contribution in [0.2, 0.25) is 0 Å². The second-order valence-electron chi connectivity index (χ2n) is 7.14. The molecular weight excluding hydrogens is 398 g/mol. The molecule has 0 amide bonds. The summed E-state index contributed by atoms with van der Waals surface area (Å²) in [6.45, 7) is 2.43. The maximum atomic E-state index is 15.0. The molecule has 7 nitrogen and oxygen atoms in total. The zero-order valence-electron chi connectivity index (χ0n) is 16.4. The number of halogens is 2. The number of benzene rings is 1. The Morgan fingerprint density at radius 3 is 2.86 bits per heavy atom. The van der Waals surface area contributed by atoms with Crippen molar-refractivity contribution in [1.82, 2.24) is 9.97 Å². The second kappa shape index (κ2) is 7.33.